The molecular formula is C19H20BrFSi. The first-order valence-corrected chi connectivity index (χ1v) is 11.2. The molecular weight excluding hydrogens is 355 g/mol. The van der Waals surface area contributed by atoms with E-state index in [1.54, 1.807) is 6.07 Å². The molecule has 0 heterocycles. The topological polar surface area (TPSA) is 0 Å². The Kier molecular flexibility index (Phi) is 5.54. The summed E-state index contributed by atoms with van der Waals surface area (Å²) in [5.74, 6) is -0.221. The van der Waals surface area contributed by atoms with Gasteiger partial charge in [-0.2, -0.15) is 0 Å². The second-order valence-corrected chi connectivity index (χ2v) is 11.7. The average Bonchev–Trinajstić information content (AvgIpc) is 2.46. The van der Waals surface area contributed by atoms with Crippen molar-refractivity contribution in [2.75, 3.05) is 0 Å². The van der Waals surface area contributed by atoms with E-state index in [9.17, 15) is 4.39 Å². The maximum atomic E-state index is 13.8. The molecule has 2 rings (SSSR count). The summed E-state index contributed by atoms with van der Waals surface area (Å²) in [6.45, 7) is 8.82. The summed E-state index contributed by atoms with van der Waals surface area (Å²) in [4.78, 5) is 0. The quantitative estimate of drug-likeness (QED) is 0.432. The zero-order valence-electron chi connectivity index (χ0n) is 12.9. The van der Waals surface area contributed by atoms with Crippen molar-refractivity contribution in [2.45, 2.75) is 19.1 Å². The minimum absolute atomic E-state index is 0.221. The molecule has 0 bridgehead atoms. The van der Waals surface area contributed by atoms with Crippen molar-refractivity contribution in [3.05, 3.63) is 87.8 Å². The maximum Gasteiger partial charge on any atom is 0.131 e. The van der Waals surface area contributed by atoms with Gasteiger partial charge in [-0.15, -0.1) is 0 Å². The summed E-state index contributed by atoms with van der Waals surface area (Å²) in [5, 5.41) is 1.12. The lowest BCUT2D eigenvalue weighted by Gasteiger charge is -2.23. The highest BCUT2D eigenvalue weighted by Gasteiger charge is 2.23. The van der Waals surface area contributed by atoms with Crippen LogP contribution in [-0.4, -0.2) is 8.07 Å². The van der Waals surface area contributed by atoms with Crippen LogP contribution in [0.2, 0.25) is 13.1 Å². The van der Waals surface area contributed by atoms with Gasteiger partial charge in [0.15, 0.2) is 0 Å². The Bertz CT molecular complexity index is 690. The molecule has 0 aromatic heterocycles. The highest BCUT2D eigenvalue weighted by atomic mass is 79.9. The van der Waals surface area contributed by atoms with E-state index >= 15 is 0 Å². The number of halogens is 2. The number of hydrogen-bond donors (Lipinski definition) is 0. The Balaban J connectivity index is 2.11. The fourth-order valence-corrected chi connectivity index (χ4v) is 4.62. The third-order valence-corrected chi connectivity index (χ3v) is 7.48. The maximum absolute atomic E-state index is 13.8. The second kappa shape index (κ2) is 7.21. The summed E-state index contributed by atoms with van der Waals surface area (Å²) in [5.41, 5.74) is 1.93. The van der Waals surface area contributed by atoms with Crippen molar-refractivity contribution in [1.29, 1.82) is 0 Å². The van der Waals surface area contributed by atoms with Gasteiger partial charge in [-0.05, 0) is 18.2 Å². The van der Waals surface area contributed by atoms with Gasteiger partial charge in [0, 0.05) is 10.0 Å². The van der Waals surface area contributed by atoms with Crippen LogP contribution in [0.25, 0.3) is 6.08 Å². The Morgan fingerprint density at radius 3 is 2.50 bits per heavy atom. The van der Waals surface area contributed by atoms with E-state index in [1.807, 2.05) is 24.3 Å². The molecule has 0 aliphatic rings. The molecule has 0 amide bonds. The molecule has 0 saturated heterocycles. The Morgan fingerprint density at radius 1 is 1.18 bits per heavy atom. The Morgan fingerprint density at radius 2 is 1.86 bits per heavy atom. The van der Waals surface area contributed by atoms with Crippen LogP contribution in [0.3, 0.4) is 0 Å². The summed E-state index contributed by atoms with van der Waals surface area (Å²) in [6, 6.07) is 16.6. The normalized spacial score (nSPS) is 11.8. The number of benzene rings is 2. The molecule has 0 fully saturated rings. The van der Waals surface area contributed by atoms with Gasteiger partial charge in [-0.3, -0.25) is 0 Å². The van der Waals surface area contributed by atoms with E-state index in [2.05, 4.69) is 59.9 Å². The molecule has 0 nitrogen and oxygen atoms in total. The molecule has 0 aliphatic heterocycles. The first-order chi connectivity index (χ1) is 10.4. The van der Waals surface area contributed by atoms with E-state index < -0.39 is 8.07 Å². The van der Waals surface area contributed by atoms with Crippen LogP contribution in [0.4, 0.5) is 4.39 Å². The first-order valence-electron chi connectivity index (χ1n) is 7.25. The minimum Gasteiger partial charge on any atom is -0.206 e. The number of allylic oxidation sites excluding steroid dienone is 2. The molecule has 0 radical (unpaired) electrons. The van der Waals surface area contributed by atoms with Crippen molar-refractivity contribution in [1.82, 2.24) is 0 Å². The molecule has 0 aliphatic carbocycles. The summed E-state index contributed by atoms with van der Waals surface area (Å²) in [7, 11) is -1.64. The molecule has 0 atom stereocenters. The van der Waals surface area contributed by atoms with Gasteiger partial charge in [-0.1, -0.05) is 94.9 Å². The summed E-state index contributed by atoms with van der Waals surface area (Å²) in [6.07, 6.45) is 3.80. The second-order valence-electron chi connectivity index (χ2n) is 6.07. The van der Waals surface area contributed by atoms with E-state index in [0.717, 1.165) is 15.7 Å². The zero-order chi connectivity index (χ0) is 16.2. The van der Waals surface area contributed by atoms with E-state index in [4.69, 9.17) is 0 Å². The molecule has 0 unspecified atom stereocenters. The molecule has 22 heavy (non-hydrogen) atoms. The largest absolute Gasteiger partial charge is 0.206 e. The molecule has 114 valence electrons. The lowest BCUT2D eigenvalue weighted by Crippen LogP contribution is -2.31. The fourth-order valence-electron chi connectivity index (χ4n) is 2.27. The Labute approximate surface area is 141 Å². The van der Waals surface area contributed by atoms with Gasteiger partial charge in [0.25, 0.3) is 0 Å². The number of rotatable bonds is 5. The summed E-state index contributed by atoms with van der Waals surface area (Å²) >= 11 is 3.27. The van der Waals surface area contributed by atoms with Crippen LogP contribution >= 0.6 is 15.9 Å². The molecule has 0 saturated carbocycles. The van der Waals surface area contributed by atoms with E-state index in [-0.39, 0.29) is 5.82 Å². The van der Waals surface area contributed by atoms with Crippen molar-refractivity contribution < 1.29 is 4.39 Å². The van der Waals surface area contributed by atoms with Crippen molar-refractivity contribution in [3.63, 3.8) is 0 Å². The van der Waals surface area contributed by atoms with Gasteiger partial charge in [-0.25, -0.2) is 4.39 Å². The van der Waals surface area contributed by atoms with Gasteiger partial charge in [0.2, 0.25) is 0 Å². The zero-order valence-corrected chi connectivity index (χ0v) is 15.5. The van der Waals surface area contributed by atoms with Crippen LogP contribution in [0, 0.1) is 5.82 Å². The highest BCUT2D eigenvalue weighted by Crippen LogP contribution is 2.22. The smallest absolute Gasteiger partial charge is 0.131 e. The average molecular weight is 375 g/mol. The molecule has 0 spiro atoms. The standard InChI is InChI=1S/C19H20BrFSi/c1-15(9-10-17-11-12-18(20)13-19(17)21)22(2,3)14-16-7-5-4-6-8-16/h4-13H,1,14H2,2-3H3/b10-9-. The van der Waals surface area contributed by atoms with Crippen LogP contribution in [0.1, 0.15) is 11.1 Å². The summed E-state index contributed by atoms with van der Waals surface area (Å²) < 4.78 is 14.6. The van der Waals surface area contributed by atoms with E-state index in [0.29, 0.717) is 5.56 Å². The molecule has 2 aromatic rings. The highest BCUT2D eigenvalue weighted by molar-refractivity contribution is 9.10. The van der Waals surface area contributed by atoms with Crippen molar-refractivity contribution in [2.24, 2.45) is 0 Å². The van der Waals surface area contributed by atoms with Crippen LogP contribution in [0.5, 0.6) is 0 Å². The van der Waals surface area contributed by atoms with Gasteiger partial charge in [0.1, 0.15) is 5.82 Å². The van der Waals surface area contributed by atoms with Gasteiger partial charge in [0.05, 0.1) is 8.07 Å². The third-order valence-electron chi connectivity index (χ3n) is 3.78. The predicted octanol–water partition coefficient (Wildman–Crippen LogP) is 6.19. The van der Waals surface area contributed by atoms with Crippen LogP contribution in [0.15, 0.2) is 70.9 Å². The fraction of sp³-hybridized carbons (Fsp3) is 0.158. The predicted molar refractivity (Wildman–Crippen MR) is 99.9 cm³/mol. The monoisotopic (exact) mass is 374 g/mol. The minimum atomic E-state index is -1.64. The number of hydrogen-bond acceptors (Lipinski definition) is 0. The van der Waals surface area contributed by atoms with Crippen molar-refractivity contribution >= 4 is 30.1 Å². The van der Waals surface area contributed by atoms with Gasteiger partial charge >= 0.3 is 0 Å². The van der Waals surface area contributed by atoms with Gasteiger partial charge < -0.3 is 0 Å². The molecule has 3 heteroatoms. The Hall–Kier alpha value is -1.45. The van der Waals surface area contributed by atoms with Crippen LogP contribution in [-0.2, 0) is 6.04 Å². The molecule has 0 N–H and O–H groups in total. The SMILES string of the molecule is C=C(/C=C\c1ccc(Br)cc1F)[Si](C)(C)Cc1ccccc1. The third kappa shape index (κ3) is 4.52. The molecule has 2 aromatic carbocycles. The lowest BCUT2D eigenvalue weighted by atomic mass is 10.2. The first kappa shape index (κ1) is 16.9. The lowest BCUT2D eigenvalue weighted by molar-refractivity contribution is 0.624. The van der Waals surface area contributed by atoms with E-state index in [1.165, 1.54) is 11.6 Å². The van der Waals surface area contributed by atoms with Crippen LogP contribution < -0.4 is 0 Å². The van der Waals surface area contributed by atoms with Crippen molar-refractivity contribution in [3.8, 4) is 0 Å².